The molecule has 0 aliphatic rings. The Morgan fingerprint density at radius 3 is 2.47 bits per heavy atom. The van der Waals surface area contributed by atoms with Gasteiger partial charge < -0.3 is 11.1 Å². The first-order valence-electron chi connectivity index (χ1n) is 5.07. The van der Waals surface area contributed by atoms with Gasteiger partial charge in [0.15, 0.2) is 0 Å². The van der Waals surface area contributed by atoms with E-state index >= 15 is 0 Å². The van der Waals surface area contributed by atoms with E-state index in [0.29, 0.717) is 11.3 Å². The van der Waals surface area contributed by atoms with Gasteiger partial charge in [0.2, 0.25) is 0 Å². The molecule has 0 fully saturated rings. The molecule has 2 rings (SSSR count). The number of hydrogen-bond donors (Lipinski definition) is 2. The maximum absolute atomic E-state index is 13.0. The fraction of sp³-hybridized carbons (Fsp3) is 0. The molecule has 0 aromatic heterocycles. The molecule has 0 unspecified atom stereocenters. The molecule has 0 spiro atoms. The van der Waals surface area contributed by atoms with Gasteiger partial charge in [-0.2, -0.15) is 0 Å². The smallest absolute Gasteiger partial charge is 0.255 e. The summed E-state index contributed by atoms with van der Waals surface area (Å²) in [5.41, 5.74) is 6.61. The molecule has 0 bridgehead atoms. The Hall–Kier alpha value is -2.36. The first-order chi connectivity index (χ1) is 8.15. The summed E-state index contributed by atoms with van der Waals surface area (Å²) in [5.74, 6) is -0.774. The molecule has 0 saturated carbocycles. The number of rotatable bonds is 2. The van der Waals surface area contributed by atoms with Crippen LogP contribution in [0.1, 0.15) is 10.4 Å². The Kier molecular flexibility index (Phi) is 3.05. The molecule has 0 radical (unpaired) electrons. The highest BCUT2D eigenvalue weighted by Gasteiger charge is 2.06. The second-order valence-electron chi connectivity index (χ2n) is 3.59. The SMILES string of the molecule is Nc1cc(F)cc(NC(=O)c2ccccc2)c1. The molecule has 86 valence electrons. The number of hydrogen-bond acceptors (Lipinski definition) is 2. The Balaban J connectivity index is 2.19. The molecule has 0 saturated heterocycles. The molecule has 0 heterocycles. The summed E-state index contributed by atoms with van der Waals surface area (Å²) >= 11 is 0. The average Bonchev–Trinajstić information content (AvgIpc) is 2.28. The van der Waals surface area contributed by atoms with E-state index < -0.39 is 5.82 Å². The van der Waals surface area contributed by atoms with Gasteiger partial charge in [0.1, 0.15) is 5.82 Å². The van der Waals surface area contributed by atoms with Gasteiger partial charge in [0.25, 0.3) is 5.91 Å². The number of carbonyl (C=O) groups excluding carboxylic acids is 1. The van der Waals surface area contributed by atoms with Crippen LogP contribution in [-0.2, 0) is 0 Å². The highest BCUT2D eigenvalue weighted by atomic mass is 19.1. The van der Waals surface area contributed by atoms with Crippen molar-refractivity contribution >= 4 is 17.3 Å². The Bertz CT molecular complexity index is 520. The van der Waals surface area contributed by atoms with Gasteiger partial charge in [-0.15, -0.1) is 0 Å². The van der Waals surface area contributed by atoms with Crippen LogP contribution in [0.2, 0.25) is 0 Å². The standard InChI is InChI=1S/C13H11FN2O/c14-10-6-11(15)8-12(7-10)16-13(17)9-4-2-1-3-5-9/h1-8H,15H2,(H,16,17). The van der Waals surface area contributed by atoms with E-state index in [2.05, 4.69) is 5.32 Å². The van der Waals surface area contributed by atoms with Crippen LogP contribution in [0.25, 0.3) is 0 Å². The lowest BCUT2D eigenvalue weighted by Crippen LogP contribution is -2.12. The lowest BCUT2D eigenvalue weighted by atomic mass is 10.2. The third-order valence-electron chi connectivity index (χ3n) is 2.21. The molecule has 3 nitrogen and oxygen atoms in total. The first kappa shape index (κ1) is 11.1. The zero-order chi connectivity index (χ0) is 12.3. The van der Waals surface area contributed by atoms with E-state index in [-0.39, 0.29) is 11.6 Å². The molecular formula is C13H11FN2O. The number of carbonyl (C=O) groups is 1. The van der Waals surface area contributed by atoms with Crippen molar-refractivity contribution in [2.45, 2.75) is 0 Å². The number of amides is 1. The number of halogens is 1. The molecule has 2 aromatic carbocycles. The molecule has 0 aliphatic carbocycles. The van der Waals surface area contributed by atoms with Crippen molar-refractivity contribution < 1.29 is 9.18 Å². The number of nitrogens with two attached hydrogens (primary N) is 1. The van der Waals surface area contributed by atoms with Crippen molar-refractivity contribution in [1.29, 1.82) is 0 Å². The largest absolute Gasteiger partial charge is 0.399 e. The normalized spacial score (nSPS) is 9.94. The zero-order valence-electron chi connectivity index (χ0n) is 8.98. The fourth-order valence-corrected chi connectivity index (χ4v) is 1.48. The van der Waals surface area contributed by atoms with Crippen LogP contribution in [0.15, 0.2) is 48.5 Å². The van der Waals surface area contributed by atoms with Crippen molar-refractivity contribution in [3.05, 3.63) is 59.9 Å². The van der Waals surface area contributed by atoms with Gasteiger partial charge in [0, 0.05) is 16.9 Å². The van der Waals surface area contributed by atoms with Crippen molar-refractivity contribution in [2.75, 3.05) is 11.1 Å². The third-order valence-corrected chi connectivity index (χ3v) is 2.21. The highest BCUT2D eigenvalue weighted by Crippen LogP contribution is 2.16. The molecule has 17 heavy (non-hydrogen) atoms. The zero-order valence-corrected chi connectivity index (χ0v) is 8.98. The van der Waals surface area contributed by atoms with Gasteiger partial charge in [-0.25, -0.2) is 4.39 Å². The first-order valence-corrected chi connectivity index (χ1v) is 5.07. The van der Waals surface area contributed by atoms with E-state index in [1.807, 2.05) is 6.07 Å². The third kappa shape index (κ3) is 2.81. The molecule has 1 amide bonds. The quantitative estimate of drug-likeness (QED) is 0.779. The second-order valence-corrected chi connectivity index (χ2v) is 3.59. The van der Waals surface area contributed by atoms with Crippen LogP contribution < -0.4 is 11.1 Å². The number of benzene rings is 2. The summed E-state index contributed by atoms with van der Waals surface area (Å²) < 4.78 is 13.0. The Morgan fingerprint density at radius 2 is 1.82 bits per heavy atom. The van der Waals surface area contributed by atoms with Crippen molar-refractivity contribution in [2.24, 2.45) is 0 Å². The van der Waals surface area contributed by atoms with Gasteiger partial charge in [-0.3, -0.25) is 4.79 Å². The topological polar surface area (TPSA) is 55.1 Å². The van der Waals surface area contributed by atoms with E-state index in [9.17, 15) is 9.18 Å². The van der Waals surface area contributed by atoms with Gasteiger partial charge in [-0.1, -0.05) is 18.2 Å². The predicted molar refractivity (Wildman–Crippen MR) is 65.2 cm³/mol. The molecule has 0 aliphatic heterocycles. The molecule has 4 heteroatoms. The van der Waals surface area contributed by atoms with Crippen molar-refractivity contribution in [1.82, 2.24) is 0 Å². The summed E-state index contributed by atoms with van der Waals surface area (Å²) in [6.45, 7) is 0. The van der Waals surface area contributed by atoms with Crippen LogP contribution in [-0.4, -0.2) is 5.91 Å². The summed E-state index contributed by atoms with van der Waals surface area (Å²) in [6, 6.07) is 12.6. The van der Waals surface area contributed by atoms with Crippen LogP contribution in [0.4, 0.5) is 15.8 Å². The van der Waals surface area contributed by atoms with E-state index in [4.69, 9.17) is 5.73 Å². The Labute approximate surface area is 98.1 Å². The monoisotopic (exact) mass is 230 g/mol. The second kappa shape index (κ2) is 4.65. The van der Waals surface area contributed by atoms with Crippen LogP contribution in [0.5, 0.6) is 0 Å². The van der Waals surface area contributed by atoms with Gasteiger partial charge in [-0.05, 0) is 30.3 Å². The minimum atomic E-state index is -0.478. The highest BCUT2D eigenvalue weighted by molar-refractivity contribution is 6.04. The van der Waals surface area contributed by atoms with Crippen molar-refractivity contribution in [3.63, 3.8) is 0 Å². The van der Waals surface area contributed by atoms with E-state index in [1.54, 1.807) is 24.3 Å². The predicted octanol–water partition coefficient (Wildman–Crippen LogP) is 2.66. The number of nitrogens with one attached hydrogen (secondary N) is 1. The lowest BCUT2D eigenvalue weighted by Gasteiger charge is -2.06. The summed E-state index contributed by atoms with van der Waals surface area (Å²) in [7, 11) is 0. The summed E-state index contributed by atoms with van der Waals surface area (Å²) in [4.78, 5) is 11.8. The van der Waals surface area contributed by atoms with Gasteiger partial charge in [0.05, 0.1) is 0 Å². The molecule has 0 atom stereocenters. The van der Waals surface area contributed by atoms with Crippen LogP contribution in [0, 0.1) is 5.82 Å². The minimum absolute atomic E-state index is 0.272. The molecular weight excluding hydrogens is 219 g/mol. The maximum atomic E-state index is 13.0. The number of anilines is 2. The maximum Gasteiger partial charge on any atom is 0.255 e. The van der Waals surface area contributed by atoms with Crippen molar-refractivity contribution in [3.8, 4) is 0 Å². The Morgan fingerprint density at radius 1 is 1.12 bits per heavy atom. The molecule has 2 aromatic rings. The fourth-order valence-electron chi connectivity index (χ4n) is 1.48. The van der Waals surface area contributed by atoms with E-state index in [1.165, 1.54) is 18.2 Å². The minimum Gasteiger partial charge on any atom is -0.399 e. The molecule has 3 N–H and O–H groups in total. The lowest BCUT2D eigenvalue weighted by molar-refractivity contribution is 0.102. The van der Waals surface area contributed by atoms with Crippen LogP contribution in [0.3, 0.4) is 0 Å². The average molecular weight is 230 g/mol. The van der Waals surface area contributed by atoms with E-state index in [0.717, 1.165) is 0 Å². The van der Waals surface area contributed by atoms with Gasteiger partial charge >= 0.3 is 0 Å². The summed E-state index contributed by atoms with van der Waals surface area (Å²) in [6.07, 6.45) is 0. The van der Waals surface area contributed by atoms with Crippen LogP contribution >= 0.6 is 0 Å². The summed E-state index contributed by atoms with van der Waals surface area (Å²) in [5, 5.41) is 2.58. The number of nitrogen functional groups attached to an aromatic ring is 1.